The summed E-state index contributed by atoms with van der Waals surface area (Å²) < 4.78 is 1.24. The number of hydrogen-bond donors (Lipinski definition) is 1. The molecule has 1 saturated heterocycles. The van der Waals surface area contributed by atoms with E-state index in [4.69, 9.17) is 0 Å². The molecule has 0 saturated carbocycles. The van der Waals surface area contributed by atoms with E-state index < -0.39 is 0 Å². The molecular formula is C15H22BrN. The number of nitrogens with one attached hydrogen (secondary N) is 1. The van der Waals surface area contributed by atoms with Crippen LogP contribution in [-0.4, -0.2) is 12.1 Å². The molecule has 17 heavy (non-hydrogen) atoms. The van der Waals surface area contributed by atoms with Crippen LogP contribution in [-0.2, 0) is 6.42 Å². The molecular weight excluding hydrogens is 274 g/mol. The summed E-state index contributed by atoms with van der Waals surface area (Å²) in [7, 11) is 0. The predicted octanol–water partition coefficient (Wildman–Crippen LogP) is 4.16. The summed E-state index contributed by atoms with van der Waals surface area (Å²) >= 11 is 3.67. The quantitative estimate of drug-likeness (QED) is 0.883. The van der Waals surface area contributed by atoms with Crippen LogP contribution in [0, 0.1) is 5.92 Å². The van der Waals surface area contributed by atoms with Gasteiger partial charge in [0.25, 0.3) is 0 Å². The summed E-state index contributed by atoms with van der Waals surface area (Å²) in [4.78, 5) is 0. The van der Waals surface area contributed by atoms with Crippen LogP contribution < -0.4 is 5.32 Å². The van der Waals surface area contributed by atoms with Crippen molar-refractivity contribution in [3.63, 3.8) is 0 Å². The average molecular weight is 296 g/mol. The molecule has 0 bridgehead atoms. The number of piperidine rings is 1. The van der Waals surface area contributed by atoms with Gasteiger partial charge in [-0.05, 0) is 43.4 Å². The molecule has 0 spiro atoms. The fraction of sp³-hybridized carbons (Fsp3) is 0.600. The van der Waals surface area contributed by atoms with Crippen molar-refractivity contribution in [1.29, 1.82) is 0 Å². The highest BCUT2D eigenvalue weighted by atomic mass is 79.9. The highest BCUT2D eigenvalue weighted by Gasteiger charge is 2.35. The van der Waals surface area contributed by atoms with Gasteiger partial charge >= 0.3 is 0 Å². The van der Waals surface area contributed by atoms with E-state index in [1.807, 2.05) is 0 Å². The SMILES string of the molecule is CC(C)C1(Cc2ccccc2Br)CCCCN1. The number of rotatable bonds is 3. The molecule has 0 amide bonds. The zero-order valence-corrected chi connectivity index (χ0v) is 12.4. The van der Waals surface area contributed by atoms with Crippen LogP contribution in [0.4, 0.5) is 0 Å². The van der Waals surface area contributed by atoms with Gasteiger partial charge in [0.2, 0.25) is 0 Å². The van der Waals surface area contributed by atoms with Crippen LogP contribution >= 0.6 is 15.9 Å². The molecule has 1 N–H and O–H groups in total. The Balaban J connectivity index is 2.21. The van der Waals surface area contributed by atoms with E-state index in [1.165, 1.54) is 35.8 Å². The molecule has 1 aliphatic heterocycles. The first-order valence-electron chi connectivity index (χ1n) is 6.62. The van der Waals surface area contributed by atoms with Crippen molar-refractivity contribution in [2.24, 2.45) is 5.92 Å². The third-order valence-corrected chi connectivity index (χ3v) is 4.87. The first-order chi connectivity index (χ1) is 8.14. The zero-order chi connectivity index (χ0) is 12.3. The number of halogens is 1. The average Bonchev–Trinajstić information content (AvgIpc) is 2.33. The summed E-state index contributed by atoms with van der Waals surface area (Å²) in [6.07, 6.45) is 5.11. The van der Waals surface area contributed by atoms with Gasteiger partial charge in [-0.25, -0.2) is 0 Å². The van der Waals surface area contributed by atoms with Crippen molar-refractivity contribution in [2.75, 3.05) is 6.54 Å². The van der Waals surface area contributed by atoms with Crippen LogP contribution in [0.5, 0.6) is 0 Å². The van der Waals surface area contributed by atoms with Gasteiger partial charge in [0.05, 0.1) is 0 Å². The molecule has 1 nitrogen and oxygen atoms in total. The van der Waals surface area contributed by atoms with Gasteiger partial charge in [-0.15, -0.1) is 0 Å². The molecule has 1 atom stereocenters. The standard InChI is InChI=1S/C15H22BrN/c1-12(2)15(9-5-6-10-17-15)11-13-7-3-4-8-14(13)16/h3-4,7-8,12,17H,5-6,9-11H2,1-2H3. The van der Waals surface area contributed by atoms with E-state index in [0.29, 0.717) is 11.5 Å². The maximum atomic E-state index is 3.79. The lowest BCUT2D eigenvalue weighted by Crippen LogP contribution is -2.54. The normalized spacial score (nSPS) is 25.2. The van der Waals surface area contributed by atoms with Crippen molar-refractivity contribution in [3.05, 3.63) is 34.3 Å². The van der Waals surface area contributed by atoms with Gasteiger partial charge in [-0.3, -0.25) is 0 Å². The van der Waals surface area contributed by atoms with Gasteiger partial charge in [0, 0.05) is 10.0 Å². The second-order valence-corrected chi connectivity index (χ2v) is 6.32. The lowest BCUT2D eigenvalue weighted by molar-refractivity contribution is 0.182. The van der Waals surface area contributed by atoms with E-state index in [9.17, 15) is 0 Å². The van der Waals surface area contributed by atoms with E-state index in [0.717, 1.165) is 6.42 Å². The first-order valence-corrected chi connectivity index (χ1v) is 7.42. The molecule has 2 heteroatoms. The lowest BCUT2D eigenvalue weighted by atomic mass is 9.75. The summed E-state index contributed by atoms with van der Waals surface area (Å²) in [5.41, 5.74) is 1.72. The molecule has 1 aromatic carbocycles. The Hall–Kier alpha value is -0.340. The van der Waals surface area contributed by atoms with Crippen molar-refractivity contribution in [1.82, 2.24) is 5.32 Å². The molecule has 0 aromatic heterocycles. The Kier molecular flexibility index (Phi) is 4.26. The molecule has 94 valence electrons. The van der Waals surface area contributed by atoms with Gasteiger partial charge in [0.15, 0.2) is 0 Å². The zero-order valence-electron chi connectivity index (χ0n) is 10.8. The van der Waals surface area contributed by atoms with Gasteiger partial charge in [-0.2, -0.15) is 0 Å². The predicted molar refractivity (Wildman–Crippen MR) is 77.3 cm³/mol. The number of benzene rings is 1. The van der Waals surface area contributed by atoms with Crippen LogP contribution in [0.3, 0.4) is 0 Å². The van der Waals surface area contributed by atoms with E-state index >= 15 is 0 Å². The Morgan fingerprint density at radius 1 is 1.29 bits per heavy atom. The molecule has 1 fully saturated rings. The largest absolute Gasteiger partial charge is 0.311 e. The second-order valence-electron chi connectivity index (χ2n) is 5.46. The van der Waals surface area contributed by atoms with Crippen molar-refractivity contribution in [3.8, 4) is 0 Å². The Morgan fingerprint density at radius 2 is 2.06 bits per heavy atom. The summed E-state index contributed by atoms with van der Waals surface area (Å²) in [6, 6.07) is 8.61. The second kappa shape index (κ2) is 5.53. The van der Waals surface area contributed by atoms with E-state index in [2.05, 4.69) is 59.4 Å². The van der Waals surface area contributed by atoms with Gasteiger partial charge in [0.1, 0.15) is 0 Å². The van der Waals surface area contributed by atoms with Crippen LogP contribution in [0.15, 0.2) is 28.7 Å². The summed E-state index contributed by atoms with van der Waals surface area (Å²) in [6.45, 7) is 5.85. The maximum Gasteiger partial charge on any atom is 0.0245 e. The van der Waals surface area contributed by atoms with Crippen molar-refractivity contribution >= 4 is 15.9 Å². The fourth-order valence-corrected chi connectivity index (χ4v) is 3.25. The van der Waals surface area contributed by atoms with Gasteiger partial charge in [-0.1, -0.05) is 54.4 Å². The van der Waals surface area contributed by atoms with Crippen LogP contribution in [0.25, 0.3) is 0 Å². The minimum absolute atomic E-state index is 0.294. The van der Waals surface area contributed by atoms with Crippen LogP contribution in [0.2, 0.25) is 0 Å². The minimum Gasteiger partial charge on any atom is -0.311 e. The molecule has 1 unspecified atom stereocenters. The molecule has 0 aliphatic carbocycles. The Labute approximate surface area is 113 Å². The molecule has 0 radical (unpaired) electrons. The molecule has 2 rings (SSSR count). The Bertz CT molecular complexity index is 367. The van der Waals surface area contributed by atoms with Crippen molar-refractivity contribution in [2.45, 2.75) is 45.1 Å². The molecule has 1 aromatic rings. The van der Waals surface area contributed by atoms with Gasteiger partial charge < -0.3 is 5.32 Å². The fourth-order valence-electron chi connectivity index (χ4n) is 2.82. The molecule has 1 aliphatic rings. The minimum atomic E-state index is 0.294. The number of hydrogen-bond acceptors (Lipinski definition) is 1. The highest BCUT2D eigenvalue weighted by molar-refractivity contribution is 9.10. The lowest BCUT2D eigenvalue weighted by Gasteiger charge is -2.42. The summed E-state index contributed by atoms with van der Waals surface area (Å²) in [5.74, 6) is 0.676. The van der Waals surface area contributed by atoms with E-state index in [-0.39, 0.29) is 0 Å². The van der Waals surface area contributed by atoms with Crippen molar-refractivity contribution < 1.29 is 0 Å². The topological polar surface area (TPSA) is 12.0 Å². The molecule has 1 heterocycles. The maximum absolute atomic E-state index is 3.79. The summed E-state index contributed by atoms with van der Waals surface area (Å²) in [5, 5.41) is 3.79. The van der Waals surface area contributed by atoms with Crippen LogP contribution in [0.1, 0.15) is 38.7 Å². The Morgan fingerprint density at radius 3 is 2.65 bits per heavy atom. The third kappa shape index (κ3) is 2.92. The monoisotopic (exact) mass is 295 g/mol. The first kappa shape index (κ1) is 13.1. The smallest absolute Gasteiger partial charge is 0.0245 e. The third-order valence-electron chi connectivity index (χ3n) is 4.10. The van der Waals surface area contributed by atoms with E-state index in [1.54, 1.807) is 0 Å². The highest BCUT2D eigenvalue weighted by Crippen LogP contribution is 2.32.